The number of nitrogens with zero attached hydrogens (tertiary/aromatic N) is 2. The number of carbonyl (C=O) groups is 1. The Kier molecular flexibility index (Phi) is 11.1. The Bertz CT molecular complexity index is 809. The number of nitrogens with one attached hydrogen (secondary N) is 2. The predicted molar refractivity (Wildman–Crippen MR) is 140 cm³/mol. The van der Waals surface area contributed by atoms with Crippen LogP contribution in [-0.2, 0) is 11.2 Å². The Morgan fingerprint density at radius 2 is 2.06 bits per heavy atom. The summed E-state index contributed by atoms with van der Waals surface area (Å²) in [5.41, 5.74) is 0.961. The molecule has 0 unspecified atom stereocenters. The largest absolute Gasteiger partial charge is 0.491 e. The normalized spacial score (nSPS) is 14.0. The number of thiophene rings is 1. The minimum Gasteiger partial charge on any atom is -0.491 e. The fraction of sp³-hybridized carbons (Fsp3) is 0.478. The summed E-state index contributed by atoms with van der Waals surface area (Å²) in [4.78, 5) is 19.8. The first-order valence-electron chi connectivity index (χ1n) is 10.7. The zero-order chi connectivity index (χ0) is 21.2. The maximum atomic E-state index is 11.7. The molecule has 31 heavy (non-hydrogen) atoms. The van der Waals surface area contributed by atoms with E-state index in [0.717, 1.165) is 56.3 Å². The average Bonchev–Trinajstić information content (AvgIpc) is 3.38. The van der Waals surface area contributed by atoms with Crippen LogP contribution in [0, 0.1) is 0 Å². The molecule has 0 saturated carbocycles. The van der Waals surface area contributed by atoms with Crippen molar-refractivity contribution in [2.24, 2.45) is 4.99 Å². The summed E-state index contributed by atoms with van der Waals surface area (Å²) in [5.74, 6) is 1.89. The van der Waals surface area contributed by atoms with Crippen LogP contribution in [0.1, 0.15) is 38.0 Å². The molecule has 170 valence electrons. The maximum Gasteiger partial charge on any atom is 0.222 e. The Morgan fingerprint density at radius 1 is 1.26 bits per heavy atom. The van der Waals surface area contributed by atoms with Crippen LogP contribution >= 0.6 is 35.3 Å². The minimum atomic E-state index is 0. The summed E-state index contributed by atoms with van der Waals surface area (Å²) in [5, 5.41) is 8.91. The third-order valence-electron chi connectivity index (χ3n) is 4.76. The molecular weight excluding hydrogens is 523 g/mol. The van der Waals surface area contributed by atoms with Gasteiger partial charge in [-0.1, -0.05) is 6.07 Å². The lowest BCUT2D eigenvalue weighted by molar-refractivity contribution is -0.127. The van der Waals surface area contributed by atoms with E-state index in [1.807, 2.05) is 43.0 Å². The van der Waals surface area contributed by atoms with Gasteiger partial charge >= 0.3 is 0 Å². The number of guanidine groups is 1. The number of hydrogen-bond acceptors (Lipinski definition) is 4. The van der Waals surface area contributed by atoms with Gasteiger partial charge in [0.2, 0.25) is 5.91 Å². The molecule has 2 N–H and O–H groups in total. The van der Waals surface area contributed by atoms with E-state index in [0.29, 0.717) is 13.0 Å². The van der Waals surface area contributed by atoms with Crippen molar-refractivity contribution in [1.82, 2.24) is 10.2 Å². The molecule has 2 heterocycles. The van der Waals surface area contributed by atoms with Crippen molar-refractivity contribution >= 4 is 52.9 Å². The van der Waals surface area contributed by atoms with Gasteiger partial charge in [0.25, 0.3) is 0 Å². The summed E-state index contributed by atoms with van der Waals surface area (Å²) in [6.45, 7) is 7.19. The van der Waals surface area contributed by atoms with Gasteiger partial charge in [-0.2, -0.15) is 0 Å². The molecule has 0 aliphatic carbocycles. The van der Waals surface area contributed by atoms with E-state index in [1.54, 1.807) is 11.3 Å². The molecular formula is C23H33IN4O2S. The highest BCUT2D eigenvalue weighted by Gasteiger charge is 2.18. The molecule has 3 rings (SSSR count). The van der Waals surface area contributed by atoms with E-state index in [4.69, 9.17) is 9.73 Å². The average molecular weight is 557 g/mol. The second-order valence-electron chi connectivity index (χ2n) is 7.64. The lowest BCUT2D eigenvalue weighted by Gasteiger charge is -2.16. The molecule has 6 nitrogen and oxygen atoms in total. The molecule has 2 aromatic rings. The van der Waals surface area contributed by atoms with E-state index in [2.05, 4.69) is 28.1 Å². The second kappa shape index (κ2) is 13.6. The van der Waals surface area contributed by atoms with Gasteiger partial charge in [-0.05, 0) is 68.8 Å². The molecule has 1 aromatic carbocycles. The molecule has 0 bridgehead atoms. The summed E-state index contributed by atoms with van der Waals surface area (Å²) in [6.07, 6.45) is 3.65. The van der Waals surface area contributed by atoms with Gasteiger partial charge in [0, 0.05) is 43.2 Å². The Balaban J connectivity index is 0.00000341. The second-order valence-corrected chi connectivity index (χ2v) is 8.67. The highest BCUT2D eigenvalue weighted by Crippen LogP contribution is 2.17. The predicted octanol–water partition coefficient (Wildman–Crippen LogP) is 4.77. The van der Waals surface area contributed by atoms with E-state index in [-0.39, 0.29) is 36.0 Å². The number of likely N-dealkylation sites (tertiary alicyclic amines) is 1. The Labute approximate surface area is 206 Å². The number of benzene rings is 1. The van der Waals surface area contributed by atoms with Crippen LogP contribution in [0.2, 0.25) is 0 Å². The van der Waals surface area contributed by atoms with Crippen LogP contribution < -0.4 is 15.4 Å². The summed E-state index contributed by atoms with van der Waals surface area (Å²) >= 11 is 1.77. The van der Waals surface area contributed by atoms with Crippen molar-refractivity contribution in [3.8, 4) is 5.75 Å². The first-order chi connectivity index (χ1) is 14.6. The number of anilines is 1. The van der Waals surface area contributed by atoms with Crippen molar-refractivity contribution in [1.29, 1.82) is 0 Å². The molecule has 1 fully saturated rings. The monoisotopic (exact) mass is 556 g/mol. The van der Waals surface area contributed by atoms with Gasteiger partial charge in [-0.15, -0.1) is 35.3 Å². The molecule has 1 aromatic heterocycles. The topological polar surface area (TPSA) is 66.0 Å². The number of halogens is 1. The van der Waals surface area contributed by atoms with Crippen LogP contribution in [0.4, 0.5) is 5.69 Å². The fourth-order valence-corrected chi connectivity index (χ4v) is 4.03. The number of carbonyl (C=O) groups excluding carboxylic acids is 1. The molecule has 0 spiro atoms. The highest BCUT2D eigenvalue weighted by molar-refractivity contribution is 14.0. The van der Waals surface area contributed by atoms with Crippen LogP contribution in [-0.4, -0.2) is 49.0 Å². The lowest BCUT2D eigenvalue weighted by Crippen LogP contribution is -2.33. The van der Waals surface area contributed by atoms with E-state index in [1.165, 1.54) is 4.88 Å². The van der Waals surface area contributed by atoms with Gasteiger partial charge in [0.1, 0.15) is 5.75 Å². The summed E-state index contributed by atoms with van der Waals surface area (Å²) in [7, 11) is 0. The minimum absolute atomic E-state index is 0. The number of hydrogen-bond donors (Lipinski definition) is 2. The first-order valence-corrected chi connectivity index (χ1v) is 11.6. The number of aliphatic imine (C=N–C) groups is 1. The zero-order valence-electron chi connectivity index (χ0n) is 18.3. The van der Waals surface area contributed by atoms with Gasteiger partial charge in [0.15, 0.2) is 5.96 Å². The first kappa shape index (κ1) is 25.5. The molecule has 1 aliphatic rings. The molecule has 1 amide bonds. The molecule has 8 heteroatoms. The van der Waals surface area contributed by atoms with Crippen molar-refractivity contribution in [3.05, 3.63) is 46.7 Å². The highest BCUT2D eigenvalue weighted by atomic mass is 127. The van der Waals surface area contributed by atoms with E-state index < -0.39 is 0 Å². The van der Waals surface area contributed by atoms with E-state index in [9.17, 15) is 4.79 Å². The van der Waals surface area contributed by atoms with Gasteiger partial charge < -0.3 is 20.3 Å². The molecule has 1 saturated heterocycles. The van der Waals surface area contributed by atoms with Crippen molar-refractivity contribution in [3.63, 3.8) is 0 Å². The van der Waals surface area contributed by atoms with Gasteiger partial charge in [-0.25, -0.2) is 0 Å². The van der Waals surface area contributed by atoms with Crippen molar-refractivity contribution < 1.29 is 9.53 Å². The quantitative estimate of drug-likeness (QED) is 0.192. The van der Waals surface area contributed by atoms with Gasteiger partial charge in [-0.3, -0.25) is 9.79 Å². The molecule has 1 aliphatic heterocycles. The third-order valence-corrected chi connectivity index (χ3v) is 5.70. The standard InChI is InChI=1S/C23H32N4O2S.HI/c1-18(2)29-20-10-8-19(9-11-20)26-23(25-14-12-21-6-4-17-30-21)24-13-5-16-27-15-3-7-22(27)28;/h4,6,8-11,17-18H,3,5,7,12-16H2,1-2H3,(H2,24,25,26);1H. The zero-order valence-corrected chi connectivity index (χ0v) is 21.4. The van der Waals surface area contributed by atoms with Crippen LogP contribution in [0.5, 0.6) is 5.75 Å². The fourth-order valence-electron chi connectivity index (χ4n) is 3.32. The number of rotatable bonds is 10. The van der Waals surface area contributed by atoms with Crippen LogP contribution in [0.3, 0.4) is 0 Å². The number of amides is 1. The maximum absolute atomic E-state index is 11.7. The Morgan fingerprint density at radius 3 is 2.71 bits per heavy atom. The van der Waals surface area contributed by atoms with E-state index >= 15 is 0 Å². The lowest BCUT2D eigenvalue weighted by atomic mass is 10.3. The summed E-state index contributed by atoms with van der Waals surface area (Å²) in [6, 6.07) is 12.1. The molecule has 0 radical (unpaired) electrons. The number of ether oxygens (including phenoxy) is 1. The van der Waals surface area contributed by atoms with Crippen LogP contribution in [0.25, 0.3) is 0 Å². The SMILES string of the molecule is CC(C)Oc1ccc(NC(=NCCCN2CCCC2=O)NCCc2cccs2)cc1.I. The molecule has 0 atom stereocenters. The van der Waals surface area contributed by atoms with Crippen LogP contribution in [0.15, 0.2) is 46.8 Å². The summed E-state index contributed by atoms with van der Waals surface area (Å²) < 4.78 is 5.71. The Hall–Kier alpha value is -1.81. The van der Waals surface area contributed by atoms with Crippen molar-refractivity contribution in [2.45, 2.75) is 45.6 Å². The smallest absolute Gasteiger partial charge is 0.222 e. The van der Waals surface area contributed by atoms with Crippen molar-refractivity contribution in [2.75, 3.05) is 31.5 Å². The van der Waals surface area contributed by atoms with Gasteiger partial charge in [0.05, 0.1) is 6.10 Å². The third kappa shape index (κ3) is 9.06.